The van der Waals surface area contributed by atoms with Gasteiger partial charge in [0.1, 0.15) is 12.5 Å². The fourth-order valence-corrected chi connectivity index (χ4v) is 4.48. The second-order valence-electron chi connectivity index (χ2n) is 8.43. The Morgan fingerprint density at radius 3 is 2.55 bits per heavy atom. The second-order valence-corrected chi connectivity index (χ2v) is 9.34. The van der Waals surface area contributed by atoms with Gasteiger partial charge in [0, 0.05) is 40.4 Å². The van der Waals surface area contributed by atoms with Gasteiger partial charge in [-0.25, -0.2) is 0 Å². The summed E-state index contributed by atoms with van der Waals surface area (Å²) >= 11 is 3.46. The average Bonchev–Trinajstić information content (AvgIpc) is 2.63. The molecule has 0 spiro atoms. The van der Waals surface area contributed by atoms with Gasteiger partial charge in [-0.3, -0.25) is 14.6 Å². The molecular formula is C23H28BrNO4. The van der Waals surface area contributed by atoms with Crippen LogP contribution in [0.2, 0.25) is 0 Å². The Labute approximate surface area is 180 Å². The molecule has 156 valence electrons. The van der Waals surface area contributed by atoms with E-state index in [2.05, 4.69) is 29.8 Å². The fourth-order valence-electron chi connectivity index (χ4n) is 4.22. The predicted molar refractivity (Wildman–Crippen MR) is 116 cm³/mol. The highest BCUT2D eigenvalue weighted by atomic mass is 79.9. The maximum atomic E-state index is 13.2. The molecule has 2 aliphatic rings. The normalized spacial score (nSPS) is 23.5. The summed E-state index contributed by atoms with van der Waals surface area (Å²) in [7, 11) is 0. The zero-order valence-electron chi connectivity index (χ0n) is 17.5. The molecule has 1 aliphatic heterocycles. The van der Waals surface area contributed by atoms with Gasteiger partial charge in [-0.05, 0) is 43.4 Å². The molecule has 0 N–H and O–H groups in total. The van der Waals surface area contributed by atoms with Crippen LogP contribution in [0, 0.1) is 11.3 Å². The van der Waals surface area contributed by atoms with E-state index in [1.807, 2.05) is 38.1 Å². The maximum absolute atomic E-state index is 13.2. The quantitative estimate of drug-likeness (QED) is 0.448. The van der Waals surface area contributed by atoms with Gasteiger partial charge < -0.3 is 9.47 Å². The molecule has 0 radical (unpaired) electrons. The van der Waals surface area contributed by atoms with E-state index in [0.29, 0.717) is 30.9 Å². The molecule has 0 saturated carbocycles. The Kier molecular flexibility index (Phi) is 6.74. The van der Waals surface area contributed by atoms with Crippen LogP contribution < -0.4 is 0 Å². The van der Waals surface area contributed by atoms with Crippen LogP contribution in [0.4, 0.5) is 0 Å². The van der Waals surface area contributed by atoms with Gasteiger partial charge in [-0.2, -0.15) is 0 Å². The van der Waals surface area contributed by atoms with E-state index in [-0.39, 0.29) is 29.7 Å². The number of rotatable bonds is 6. The van der Waals surface area contributed by atoms with E-state index in [4.69, 9.17) is 14.5 Å². The molecular weight excluding hydrogens is 434 g/mol. The molecule has 1 unspecified atom stereocenters. The Morgan fingerprint density at radius 1 is 1.21 bits per heavy atom. The van der Waals surface area contributed by atoms with Crippen molar-refractivity contribution in [3.63, 3.8) is 0 Å². The molecule has 1 aromatic carbocycles. The number of carbonyl (C=O) groups excluding carboxylic acids is 2. The SMILES string of the molecule is CCOCCOC(=O)C1C(C)=NC2=C(C(=O)CC(C)(C)C2)[C@@H]1c1ccc(Br)cc1. The van der Waals surface area contributed by atoms with Crippen molar-refractivity contribution < 1.29 is 19.1 Å². The van der Waals surface area contributed by atoms with Gasteiger partial charge in [0.2, 0.25) is 0 Å². The van der Waals surface area contributed by atoms with Crippen LogP contribution >= 0.6 is 15.9 Å². The number of ether oxygens (including phenoxy) is 2. The number of ketones is 1. The molecule has 1 aromatic rings. The van der Waals surface area contributed by atoms with Crippen LogP contribution in [0.25, 0.3) is 0 Å². The molecule has 1 aliphatic carbocycles. The van der Waals surface area contributed by atoms with Crippen molar-refractivity contribution in [2.45, 2.75) is 46.5 Å². The third kappa shape index (κ3) is 4.86. The van der Waals surface area contributed by atoms with Crippen LogP contribution in [-0.2, 0) is 19.1 Å². The largest absolute Gasteiger partial charge is 0.463 e. The van der Waals surface area contributed by atoms with Crippen molar-refractivity contribution in [2.24, 2.45) is 16.3 Å². The summed E-state index contributed by atoms with van der Waals surface area (Å²) in [4.78, 5) is 30.9. The summed E-state index contributed by atoms with van der Waals surface area (Å²) in [6.07, 6.45) is 1.18. The van der Waals surface area contributed by atoms with Gasteiger partial charge in [0.25, 0.3) is 0 Å². The number of Topliss-reactive ketones (excluding diaryl/α,β-unsaturated/α-hetero) is 1. The number of halogens is 1. The minimum absolute atomic E-state index is 0.0764. The number of allylic oxidation sites excluding steroid dienone is 2. The summed E-state index contributed by atoms with van der Waals surface area (Å²) in [5.41, 5.74) is 2.98. The van der Waals surface area contributed by atoms with Gasteiger partial charge >= 0.3 is 5.97 Å². The third-order valence-electron chi connectivity index (χ3n) is 5.46. The van der Waals surface area contributed by atoms with Crippen molar-refractivity contribution in [1.82, 2.24) is 0 Å². The molecule has 0 saturated heterocycles. The van der Waals surface area contributed by atoms with Gasteiger partial charge in [0.15, 0.2) is 5.78 Å². The number of hydrogen-bond donors (Lipinski definition) is 0. The molecule has 2 atom stereocenters. The van der Waals surface area contributed by atoms with E-state index in [1.54, 1.807) is 0 Å². The number of esters is 1. The van der Waals surface area contributed by atoms with Gasteiger partial charge in [0.05, 0.1) is 6.61 Å². The first-order valence-electron chi connectivity index (χ1n) is 10.0. The van der Waals surface area contributed by atoms with Gasteiger partial charge in [-0.15, -0.1) is 0 Å². The van der Waals surface area contributed by atoms with Gasteiger partial charge in [-0.1, -0.05) is 41.9 Å². The summed E-state index contributed by atoms with van der Waals surface area (Å²) in [6, 6.07) is 7.80. The number of benzene rings is 1. The second kappa shape index (κ2) is 8.92. The van der Waals surface area contributed by atoms with Crippen molar-refractivity contribution in [2.75, 3.05) is 19.8 Å². The van der Waals surface area contributed by atoms with Crippen LogP contribution in [-0.4, -0.2) is 37.3 Å². The number of carbonyl (C=O) groups is 2. The molecule has 29 heavy (non-hydrogen) atoms. The Balaban J connectivity index is 2.01. The van der Waals surface area contributed by atoms with Crippen molar-refractivity contribution in [3.05, 3.63) is 45.6 Å². The van der Waals surface area contributed by atoms with Crippen molar-refractivity contribution in [3.8, 4) is 0 Å². The first-order chi connectivity index (χ1) is 13.7. The fraction of sp³-hybridized carbons (Fsp3) is 0.522. The number of nitrogens with zero attached hydrogens (tertiary/aromatic N) is 1. The molecule has 0 fully saturated rings. The summed E-state index contributed by atoms with van der Waals surface area (Å²) in [5, 5.41) is 0. The molecule has 0 amide bonds. The first-order valence-corrected chi connectivity index (χ1v) is 10.8. The van der Waals surface area contributed by atoms with Crippen LogP contribution in [0.3, 0.4) is 0 Å². The topological polar surface area (TPSA) is 65.0 Å². The van der Waals surface area contributed by atoms with Crippen LogP contribution in [0.5, 0.6) is 0 Å². The molecule has 3 rings (SSSR count). The lowest BCUT2D eigenvalue weighted by molar-refractivity contribution is -0.148. The maximum Gasteiger partial charge on any atom is 0.315 e. The molecule has 0 aromatic heterocycles. The molecule has 0 bridgehead atoms. The summed E-state index contributed by atoms with van der Waals surface area (Å²) in [5.74, 6) is -1.27. The van der Waals surface area contributed by atoms with Crippen molar-refractivity contribution >= 4 is 33.4 Å². The first kappa shape index (κ1) is 21.9. The smallest absolute Gasteiger partial charge is 0.315 e. The highest BCUT2D eigenvalue weighted by molar-refractivity contribution is 9.10. The minimum Gasteiger partial charge on any atom is -0.463 e. The standard InChI is InChI=1S/C23H28BrNO4/c1-5-28-10-11-29-22(27)19-14(2)25-17-12-23(3,4)13-18(26)21(17)20(19)15-6-8-16(24)9-7-15/h6-9,19-20H,5,10-13H2,1-4H3/t19?,20-/m1/s1. The molecule has 6 heteroatoms. The summed E-state index contributed by atoms with van der Waals surface area (Å²) < 4.78 is 11.7. The number of hydrogen-bond acceptors (Lipinski definition) is 5. The lowest BCUT2D eigenvalue weighted by atomic mass is 9.67. The van der Waals surface area contributed by atoms with E-state index in [1.165, 1.54) is 0 Å². The minimum atomic E-state index is -0.610. The summed E-state index contributed by atoms with van der Waals surface area (Å²) in [6.45, 7) is 9.04. The van der Waals surface area contributed by atoms with Crippen LogP contribution in [0.15, 0.2) is 45.0 Å². The highest BCUT2D eigenvalue weighted by Gasteiger charge is 2.45. The zero-order chi connectivity index (χ0) is 21.2. The zero-order valence-corrected chi connectivity index (χ0v) is 19.0. The predicted octanol–water partition coefficient (Wildman–Crippen LogP) is 4.85. The lowest BCUT2D eigenvalue weighted by Gasteiger charge is -2.39. The van der Waals surface area contributed by atoms with Crippen molar-refractivity contribution in [1.29, 1.82) is 0 Å². The monoisotopic (exact) mass is 461 g/mol. The molecule has 5 nitrogen and oxygen atoms in total. The Hall–Kier alpha value is -1.79. The average molecular weight is 462 g/mol. The Morgan fingerprint density at radius 2 is 1.90 bits per heavy atom. The van der Waals surface area contributed by atoms with E-state index in [0.717, 1.165) is 22.2 Å². The third-order valence-corrected chi connectivity index (χ3v) is 5.99. The van der Waals surface area contributed by atoms with E-state index in [9.17, 15) is 9.59 Å². The van der Waals surface area contributed by atoms with E-state index < -0.39 is 5.92 Å². The highest BCUT2D eigenvalue weighted by Crippen LogP contribution is 2.48. The van der Waals surface area contributed by atoms with E-state index >= 15 is 0 Å². The number of aliphatic imine (C=N–C) groups is 1. The Bertz CT molecular complexity index is 854. The lowest BCUT2D eigenvalue weighted by Crippen LogP contribution is -2.39. The molecule has 1 heterocycles. The van der Waals surface area contributed by atoms with Crippen LogP contribution in [0.1, 0.15) is 52.0 Å².